The van der Waals surface area contributed by atoms with Gasteiger partial charge in [0.05, 0.1) is 10.4 Å². The Morgan fingerprint density at radius 2 is 1.96 bits per heavy atom. The second-order valence-corrected chi connectivity index (χ2v) is 7.34. The summed E-state index contributed by atoms with van der Waals surface area (Å²) in [5, 5.41) is 7.82. The molecule has 0 aliphatic heterocycles. The largest absolute Gasteiger partial charge is 0.280 e. The normalized spacial score (nSPS) is 11.7. The van der Waals surface area contributed by atoms with Crippen molar-refractivity contribution < 1.29 is 13.2 Å². The number of benzene rings is 2. The highest BCUT2D eigenvalue weighted by molar-refractivity contribution is 7.89. The molecule has 0 radical (unpaired) electrons. The summed E-state index contributed by atoms with van der Waals surface area (Å²) in [7, 11) is -3.65. The monoisotopic (exact) mass is 358 g/mol. The lowest BCUT2D eigenvalue weighted by Gasteiger charge is -2.08. The first-order valence-corrected chi connectivity index (χ1v) is 9.46. The van der Waals surface area contributed by atoms with E-state index in [1.165, 1.54) is 16.8 Å². The summed E-state index contributed by atoms with van der Waals surface area (Å²) in [6, 6.07) is 13.0. The van der Waals surface area contributed by atoms with Crippen LogP contribution < -0.4 is 4.72 Å². The van der Waals surface area contributed by atoms with Crippen LogP contribution in [0, 0.1) is 0 Å². The summed E-state index contributed by atoms with van der Waals surface area (Å²) in [5.41, 5.74) is 1.40. The molecule has 0 aliphatic carbocycles. The second kappa shape index (κ2) is 7.12. The Morgan fingerprint density at radius 1 is 1.16 bits per heavy atom. The molecule has 25 heavy (non-hydrogen) atoms. The molecule has 3 aromatic rings. The summed E-state index contributed by atoms with van der Waals surface area (Å²) in [5.74, 6) is -0.431. The van der Waals surface area contributed by atoms with Gasteiger partial charge in [-0.25, -0.2) is 13.1 Å². The van der Waals surface area contributed by atoms with E-state index in [0.717, 1.165) is 12.8 Å². The van der Waals surface area contributed by atoms with Gasteiger partial charge in [0.1, 0.15) is 5.52 Å². The SMILES string of the molecule is CCCCNS(=O)(=O)c1cccc(C(=O)n2nnc3ccccc32)c1. The van der Waals surface area contributed by atoms with Crippen molar-refractivity contribution >= 4 is 27.0 Å². The molecule has 1 aromatic heterocycles. The van der Waals surface area contributed by atoms with Crippen molar-refractivity contribution in [3.8, 4) is 0 Å². The van der Waals surface area contributed by atoms with Crippen LogP contribution in [0.3, 0.4) is 0 Å². The van der Waals surface area contributed by atoms with Crippen LogP contribution in [0.4, 0.5) is 0 Å². The van der Waals surface area contributed by atoms with Crippen LogP contribution >= 0.6 is 0 Å². The van der Waals surface area contributed by atoms with Crippen LogP contribution in [0.2, 0.25) is 0 Å². The summed E-state index contributed by atoms with van der Waals surface area (Å²) in [6.45, 7) is 2.35. The van der Waals surface area contributed by atoms with Crippen LogP contribution in [-0.4, -0.2) is 35.9 Å². The Hall–Kier alpha value is -2.58. The van der Waals surface area contributed by atoms with Gasteiger partial charge in [0, 0.05) is 12.1 Å². The van der Waals surface area contributed by atoms with Crippen molar-refractivity contribution in [1.29, 1.82) is 0 Å². The van der Waals surface area contributed by atoms with Gasteiger partial charge >= 0.3 is 0 Å². The average Bonchev–Trinajstić information content (AvgIpc) is 3.05. The highest BCUT2D eigenvalue weighted by atomic mass is 32.2. The number of unbranched alkanes of at least 4 members (excludes halogenated alkanes) is 1. The molecule has 1 heterocycles. The fraction of sp³-hybridized carbons (Fsp3) is 0.235. The first kappa shape index (κ1) is 17.2. The quantitative estimate of drug-likeness (QED) is 0.682. The van der Waals surface area contributed by atoms with E-state index in [1.807, 2.05) is 6.92 Å². The molecule has 0 bridgehead atoms. The molecule has 0 saturated heterocycles. The fourth-order valence-electron chi connectivity index (χ4n) is 2.40. The lowest BCUT2D eigenvalue weighted by atomic mass is 10.2. The highest BCUT2D eigenvalue weighted by Crippen LogP contribution is 2.15. The van der Waals surface area contributed by atoms with E-state index in [-0.39, 0.29) is 10.5 Å². The Labute approximate surface area is 145 Å². The van der Waals surface area contributed by atoms with Crippen LogP contribution in [0.1, 0.15) is 30.1 Å². The first-order chi connectivity index (χ1) is 12.0. The molecule has 130 valence electrons. The van der Waals surface area contributed by atoms with Gasteiger partial charge in [0.2, 0.25) is 10.0 Å². The van der Waals surface area contributed by atoms with Crippen molar-refractivity contribution in [2.75, 3.05) is 6.54 Å². The molecule has 0 unspecified atom stereocenters. The minimum Gasteiger partial charge on any atom is -0.267 e. The van der Waals surface area contributed by atoms with Crippen molar-refractivity contribution in [1.82, 2.24) is 19.7 Å². The Kier molecular flexibility index (Phi) is 4.91. The maximum Gasteiger partial charge on any atom is 0.280 e. The number of rotatable bonds is 6. The standard InChI is InChI=1S/C17H18N4O3S/c1-2-3-11-18-25(23,24)14-8-6-7-13(12-14)17(22)21-16-10-5-4-9-15(16)19-20-21/h4-10,12,18H,2-3,11H2,1H3. The minimum absolute atomic E-state index is 0.0545. The molecule has 0 atom stereocenters. The van der Waals surface area contributed by atoms with E-state index in [0.29, 0.717) is 17.6 Å². The first-order valence-electron chi connectivity index (χ1n) is 7.98. The van der Waals surface area contributed by atoms with Crippen LogP contribution in [-0.2, 0) is 10.0 Å². The number of carbonyl (C=O) groups is 1. The van der Waals surface area contributed by atoms with Gasteiger partial charge in [-0.1, -0.05) is 36.8 Å². The number of para-hydroxylation sites is 1. The second-order valence-electron chi connectivity index (χ2n) is 5.57. The smallest absolute Gasteiger partial charge is 0.267 e. The van der Waals surface area contributed by atoms with Gasteiger partial charge < -0.3 is 0 Å². The molecule has 0 aliphatic rings. The summed E-state index contributed by atoms with van der Waals surface area (Å²) in [4.78, 5) is 12.8. The number of aromatic nitrogens is 3. The molecule has 0 amide bonds. The molecule has 0 spiro atoms. The Morgan fingerprint density at radius 3 is 2.76 bits per heavy atom. The summed E-state index contributed by atoms with van der Waals surface area (Å²) < 4.78 is 28.4. The molecule has 0 fully saturated rings. The van der Waals surface area contributed by atoms with E-state index in [9.17, 15) is 13.2 Å². The number of carbonyl (C=O) groups excluding carboxylic acids is 1. The van der Waals surface area contributed by atoms with Crippen molar-refractivity contribution in [2.45, 2.75) is 24.7 Å². The van der Waals surface area contributed by atoms with Gasteiger partial charge in [0.15, 0.2) is 0 Å². The van der Waals surface area contributed by atoms with E-state index in [4.69, 9.17) is 0 Å². The van der Waals surface area contributed by atoms with Crippen molar-refractivity contribution in [3.05, 3.63) is 54.1 Å². The van der Waals surface area contributed by atoms with Gasteiger partial charge in [-0.05, 0) is 36.8 Å². The zero-order chi connectivity index (χ0) is 17.9. The fourth-order valence-corrected chi connectivity index (χ4v) is 3.52. The van der Waals surface area contributed by atoms with Gasteiger partial charge in [-0.3, -0.25) is 4.79 Å². The molecule has 7 nitrogen and oxygen atoms in total. The maximum absolute atomic E-state index is 12.7. The van der Waals surface area contributed by atoms with Crippen molar-refractivity contribution in [2.24, 2.45) is 0 Å². The zero-order valence-corrected chi connectivity index (χ0v) is 14.5. The predicted octanol–water partition coefficient (Wildman–Crippen LogP) is 2.20. The number of sulfonamides is 1. The number of hydrogen-bond acceptors (Lipinski definition) is 5. The number of nitrogens with zero attached hydrogens (tertiary/aromatic N) is 3. The van der Waals surface area contributed by atoms with Gasteiger partial charge in [0.25, 0.3) is 5.91 Å². The van der Waals surface area contributed by atoms with E-state index < -0.39 is 15.9 Å². The van der Waals surface area contributed by atoms with Crippen LogP contribution in [0.25, 0.3) is 11.0 Å². The number of hydrogen-bond donors (Lipinski definition) is 1. The van der Waals surface area contributed by atoms with E-state index in [1.54, 1.807) is 36.4 Å². The zero-order valence-electron chi connectivity index (χ0n) is 13.7. The molecule has 1 N–H and O–H groups in total. The molecule has 2 aromatic carbocycles. The van der Waals surface area contributed by atoms with Gasteiger partial charge in [-0.15, -0.1) is 5.10 Å². The van der Waals surface area contributed by atoms with Crippen LogP contribution in [0.5, 0.6) is 0 Å². The topological polar surface area (TPSA) is 94.0 Å². The molecule has 8 heteroatoms. The maximum atomic E-state index is 12.7. The lowest BCUT2D eigenvalue weighted by molar-refractivity contribution is 0.0948. The Bertz CT molecular complexity index is 1010. The minimum atomic E-state index is -3.65. The molecule has 3 rings (SSSR count). The van der Waals surface area contributed by atoms with Crippen LogP contribution in [0.15, 0.2) is 53.4 Å². The van der Waals surface area contributed by atoms with E-state index in [2.05, 4.69) is 15.0 Å². The third-order valence-electron chi connectivity index (χ3n) is 3.76. The summed E-state index contributed by atoms with van der Waals surface area (Å²) >= 11 is 0. The third kappa shape index (κ3) is 3.59. The molecular weight excluding hydrogens is 340 g/mol. The average molecular weight is 358 g/mol. The number of nitrogens with one attached hydrogen (secondary N) is 1. The Balaban J connectivity index is 1.92. The lowest BCUT2D eigenvalue weighted by Crippen LogP contribution is -2.25. The number of fused-ring (bicyclic) bond motifs is 1. The third-order valence-corrected chi connectivity index (χ3v) is 5.22. The summed E-state index contributed by atoms with van der Waals surface area (Å²) in [6.07, 6.45) is 1.64. The molecular formula is C17H18N4O3S. The van der Waals surface area contributed by atoms with Gasteiger partial charge in [-0.2, -0.15) is 4.68 Å². The van der Waals surface area contributed by atoms with E-state index >= 15 is 0 Å². The highest BCUT2D eigenvalue weighted by Gasteiger charge is 2.18. The van der Waals surface area contributed by atoms with Crippen molar-refractivity contribution in [3.63, 3.8) is 0 Å². The predicted molar refractivity (Wildman–Crippen MR) is 93.8 cm³/mol. The molecule has 0 saturated carbocycles.